The molecule has 2 aromatic rings. The number of nitrogens with one attached hydrogen (secondary N) is 1. The van der Waals surface area contributed by atoms with Crippen LogP contribution in [0.1, 0.15) is 50.1 Å². The van der Waals surface area contributed by atoms with Gasteiger partial charge in [0, 0.05) is 17.6 Å². The summed E-state index contributed by atoms with van der Waals surface area (Å²) in [6.45, 7) is 0. The predicted molar refractivity (Wildman–Crippen MR) is 84.7 cm³/mol. The molecule has 0 aliphatic heterocycles. The molecule has 1 unspecified atom stereocenters. The molecule has 2 heteroatoms. The average Bonchev–Trinajstić information content (AvgIpc) is 3.01. The summed E-state index contributed by atoms with van der Waals surface area (Å²) >= 11 is 0. The van der Waals surface area contributed by atoms with Gasteiger partial charge in [-0.1, -0.05) is 43.9 Å². The zero-order valence-corrected chi connectivity index (χ0v) is 12.3. The van der Waals surface area contributed by atoms with E-state index >= 15 is 0 Å². The van der Waals surface area contributed by atoms with E-state index in [9.17, 15) is 0 Å². The van der Waals surface area contributed by atoms with Crippen LogP contribution < -0.4 is 5.32 Å². The summed E-state index contributed by atoms with van der Waals surface area (Å²) in [6.07, 6.45) is 10.4. The van der Waals surface area contributed by atoms with Crippen LogP contribution in [-0.4, -0.2) is 12.0 Å². The first-order valence-electron chi connectivity index (χ1n) is 7.89. The summed E-state index contributed by atoms with van der Waals surface area (Å²) in [5, 5.41) is 4.71. The molecule has 0 saturated heterocycles. The Morgan fingerprint density at radius 1 is 1.25 bits per heavy atom. The van der Waals surface area contributed by atoms with E-state index in [1.54, 1.807) is 0 Å². The third-order valence-electron chi connectivity index (χ3n) is 4.70. The smallest absolute Gasteiger partial charge is 0.0702 e. The molecule has 2 nitrogen and oxygen atoms in total. The lowest BCUT2D eigenvalue weighted by Crippen LogP contribution is -2.17. The van der Waals surface area contributed by atoms with Gasteiger partial charge in [0.2, 0.25) is 0 Å². The Morgan fingerprint density at radius 2 is 2.05 bits per heavy atom. The van der Waals surface area contributed by atoms with Crippen LogP contribution in [0.4, 0.5) is 0 Å². The molecule has 1 aliphatic rings. The van der Waals surface area contributed by atoms with Crippen LogP contribution in [0, 0.1) is 5.92 Å². The summed E-state index contributed by atoms with van der Waals surface area (Å²) < 4.78 is 0. The van der Waals surface area contributed by atoms with Gasteiger partial charge in [0.1, 0.15) is 0 Å². The monoisotopic (exact) mass is 268 g/mol. The van der Waals surface area contributed by atoms with Crippen molar-refractivity contribution in [1.82, 2.24) is 10.3 Å². The molecule has 1 aromatic heterocycles. The van der Waals surface area contributed by atoms with Gasteiger partial charge in [0.15, 0.2) is 0 Å². The van der Waals surface area contributed by atoms with E-state index in [0.717, 1.165) is 11.4 Å². The number of benzene rings is 1. The van der Waals surface area contributed by atoms with Crippen LogP contribution in [-0.2, 0) is 0 Å². The first-order valence-corrected chi connectivity index (χ1v) is 7.89. The van der Waals surface area contributed by atoms with E-state index in [1.807, 2.05) is 12.3 Å². The van der Waals surface area contributed by atoms with Crippen molar-refractivity contribution >= 4 is 10.9 Å². The maximum atomic E-state index is 4.59. The second kappa shape index (κ2) is 6.36. The van der Waals surface area contributed by atoms with Gasteiger partial charge in [0.25, 0.3) is 0 Å². The van der Waals surface area contributed by atoms with Crippen molar-refractivity contribution in [2.24, 2.45) is 5.92 Å². The highest BCUT2D eigenvalue weighted by molar-refractivity contribution is 5.78. The molecule has 1 heterocycles. The SMILES string of the molecule is CNC(CCC1CCCC1)c1cnc2ccccc2c1. The highest BCUT2D eigenvalue weighted by atomic mass is 14.9. The molecule has 0 radical (unpaired) electrons. The number of para-hydroxylation sites is 1. The predicted octanol–water partition coefficient (Wildman–Crippen LogP) is 4.47. The molecular formula is C18H24N2. The highest BCUT2D eigenvalue weighted by Crippen LogP contribution is 2.31. The first kappa shape index (κ1) is 13.6. The third kappa shape index (κ3) is 3.01. The Morgan fingerprint density at radius 3 is 2.85 bits per heavy atom. The van der Waals surface area contributed by atoms with Gasteiger partial charge in [-0.2, -0.15) is 0 Å². The number of rotatable bonds is 5. The molecule has 0 bridgehead atoms. The van der Waals surface area contributed by atoms with Gasteiger partial charge >= 0.3 is 0 Å². The Bertz CT molecular complexity index is 558. The highest BCUT2D eigenvalue weighted by Gasteiger charge is 2.18. The van der Waals surface area contributed by atoms with Crippen molar-refractivity contribution in [3.8, 4) is 0 Å². The van der Waals surface area contributed by atoms with Crippen molar-refractivity contribution in [2.75, 3.05) is 7.05 Å². The Hall–Kier alpha value is -1.41. The zero-order valence-electron chi connectivity index (χ0n) is 12.3. The van der Waals surface area contributed by atoms with Crippen molar-refractivity contribution in [3.05, 3.63) is 42.1 Å². The van der Waals surface area contributed by atoms with Gasteiger partial charge in [-0.25, -0.2) is 0 Å². The van der Waals surface area contributed by atoms with E-state index in [-0.39, 0.29) is 0 Å². The fourth-order valence-corrected chi connectivity index (χ4v) is 3.46. The van der Waals surface area contributed by atoms with Crippen molar-refractivity contribution in [1.29, 1.82) is 0 Å². The molecule has 20 heavy (non-hydrogen) atoms. The number of hydrogen-bond acceptors (Lipinski definition) is 2. The van der Waals surface area contributed by atoms with Gasteiger partial charge in [-0.3, -0.25) is 4.98 Å². The molecule has 1 aliphatic carbocycles. The summed E-state index contributed by atoms with van der Waals surface area (Å²) in [5.74, 6) is 0.958. The Balaban J connectivity index is 1.72. The number of pyridine rings is 1. The third-order valence-corrected chi connectivity index (χ3v) is 4.70. The fraction of sp³-hybridized carbons (Fsp3) is 0.500. The molecule has 0 spiro atoms. The van der Waals surface area contributed by atoms with Gasteiger partial charge in [-0.15, -0.1) is 0 Å². The second-order valence-electron chi connectivity index (χ2n) is 6.03. The number of aromatic nitrogens is 1. The van der Waals surface area contributed by atoms with E-state index in [2.05, 4.69) is 41.6 Å². The van der Waals surface area contributed by atoms with Crippen molar-refractivity contribution in [2.45, 2.75) is 44.6 Å². The number of hydrogen-bond donors (Lipinski definition) is 1. The van der Waals surface area contributed by atoms with Gasteiger partial charge in [0.05, 0.1) is 5.52 Å². The summed E-state index contributed by atoms with van der Waals surface area (Å²) in [4.78, 5) is 4.59. The molecule has 0 amide bonds. The van der Waals surface area contributed by atoms with Crippen LogP contribution >= 0.6 is 0 Å². The van der Waals surface area contributed by atoms with Crippen LogP contribution in [0.5, 0.6) is 0 Å². The minimum atomic E-state index is 0.438. The Kier molecular flexibility index (Phi) is 4.31. The lowest BCUT2D eigenvalue weighted by molar-refractivity contribution is 0.427. The van der Waals surface area contributed by atoms with E-state index in [4.69, 9.17) is 0 Å². The molecule has 1 aromatic carbocycles. The number of nitrogens with zero attached hydrogens (tertiary/aromatic N) is 1. The van der Waals surface area contributed by atoms with Crippen LogP contribution in [0.2, 0.25) is 0 Å². The van der Waals surface area contributed by atoms with Crippen LogP contribution in [0.15, 0.2) is 36.5 Å². The molecular weight excluding hydrogens is 244 g/mol. The first-order chi connectivity index (χ1) is 9.86. The fourth-order valence-electron chi connectivity index (χ4n) is 3.46. The quantitative estimate of drug-likeness (QED) is 0.865. The lowest BCUT2D eigenvalue weighted by Gasteiger charge is -2.19. The lowest BCUT2D eigenvalue weighted by atomic mass is 9.95. The zero-order chi connectivity index (χ0) is 13.8. The van der Waals surface area contributed by atoms with Crippen molar-refractivity contribution < 1.29 is 0 Å². The van der Waals surface area contributed by atoms with Gasteiger partial charge < -0.3 is 5.32 Å². The number of fused-ring (bicyclic) bond motifs is 1. The summed E-state index contributed by atoms with van der Waals surface area (Å²) in [5.41, 5.74) is 2.41. The molecule has 1 saturated carbocycles. The topological polar surface area (TPSA) is 24.9 Å². The van der Waals surface area contributed by atoms with Crippen molar-refractivity contribution in [3.63, 3.8) is 0 Å². The average molecular weight is 268 g/mol. The summed E-state index contributed by atoms with van der Waals surface area (Å²) in [6, 6.07) is 11.1. The molecule has 1 atom stereocenters. The van der Waals surface area contributed by atoms with E-state index < -0.39 is 0 Å². The standard InChI is InChI=1S/C18H24N2/c1-19-17(11-10-14-6-2-3-7-14)16-12-15-8-4-5-9-18(15)20-13-16/h4-5,8-9,12-14,17,19H,2-3,6-7,10-11H2,1H3. The maximum absolute atomic E-state index is 4.59. The minimum absolute atomic E-state index is 0.438. The molecule has 3 rings (SSSR count). The van der Waals surface area contributed by atoms with E-state index in [1.165, 1.54) is 49.5 Å². The molecule has 1 N–H and O–H groups in total. The molecule has 1 fully saturated rings. The van der Waals surface area contributed by atoms with Crippen LogP contribution in [0.3, 0.4) is 0 Å². The summed E-state index contributed by atoms with van der Waals surface area (Å²) in [7, 11) is 2.06. The normalized spacial score (nSPS) is 17.6. The minimum Gasteiger partial charge on any atom is -0.313 e. The largest absolute Gasteiger partial charge is 0.313 e. The second-order valence-corrected chi connectivity index (χ2v) is 6.03. The van der Waals surface area contributed by atoms with Gasteiger partial charge in [-0.05, 0) is 43.5 Å². The van der Waals surface area contributed by atoms with Crippen LogP contribution in [0.25, 0.3) is 10.9 Å². The molecule has 106 valence electrons. The maximum Gasteiger partial charge on any atom is 0.0702 e. The Labute approximate surface area is 121 Å². The van der Waals surface area contributed by atoms with E-state index in [0.29, 0.717) is 6.04 Å².